The van der Waals surface area contributed by atoms with E-state index in [4.69, 9.17) is 10.8 Å². The summed E-state index contributed by atoms with van der Waals surface area (Å²) in [6, 6.07) is 0. The lowest BCUT2D eigenvalue weighted by atomic mass is 10.4. The summed E-state index contributed by atoms with van der Waals surface area (Å²) in [5.41, 5.74) is 7.89. The van der Waals surface area contributed by atoms with Crippen LogP contribution in [0.4, 0.5) is 0 Å². The third kappa shape index (κ3) is 3.92. The molecule has 0 aromatic heterocycles. The molecule has 0 heterocycles. The van der Waals surface area contributed by atoms with Crippen LogP contribution in [0.3, 0.4) is 0 Å². The quantitative estimate of drug-likeness (QED) is 0.444. The van der Waals surface area contributed by atoms with Crippen molar-refractivity contribution in [1.29, 1.82) is 0 Å². The van der Waals surface area contributed by atoms with Crippen molar-refractivity contribution in [2.45, 2.75) is 13.0 Å². The molecule has 0 rings (SSSR count). The Hall–Kier alpha value is -0.0800. The number of nitrogens with zero attached hydrogens (tertiary/aromatic N) is 1. The maximum atomic E-state index is 8.11. The lowest BCUT2D eigenvalue weighted by molar-refractivity contribution is 0.201. The summed E-state index contributed by atoms with van der Waals surface area (Å²) in [5.74, 6) is 0. The largest absolute Gasteiger partial charge is 0.392 e. The van der Waals surface area contributed by atoms with Gasteiger partial charge in [-0.1, -0.05) is 0 Å². The molecule has 0 fully saturated rings. The van der Waals surface area contributed by atoms with E-state index in [1.165, 1.54) is 6.92 Å². The molecule has 2 radical (unpaired) electrons. The average Bonchev–Trinajstić information content (AvgIpc) is 1.38. The Morgan fingerprint density at radius 1 is 2.00 bits per heavy atom. The van der Waals surface area contributed by atoms with Crippen molar-refractivity contribution >= 4 is 0 Å². The topological polar surface area (TPSA) is 42.5 Å². The Balaban J connectivity index is 2.54. The minimum Gasteiger partial charge on any atom is -0.392 e. The Morgan fingerprint density at radius 2 is 2.20 bits per heavy atom. The smallest absolute Gasteiger partial charge is 0.0669 e. The van der Waals surface area contributed by atoms with E-state index >= 15 is 0 Å². The predicted octanol–water partition coefficient (Wildman–Crippen LogP) is -0.564. The van der Waals surface area contributed by atoms with Crippen molar-refractivity contribution in [3.05, 3.63) is 0 Å². The molecule has 0 spiro atoms. The van der Waals surface area contributed by atoms with Crippen molar-refractivity contribution in [2.75, 3.05) is 6.54 Å². The van der Waals surface area contributed by atoms with Crippen molar-refractivity contribution in [2.24, 2.45) is 0 Å². The van der Waals surface area contributed by atoms with Crippen LogP contribution in [-0.2, 0) is 0 Å². The Kier molecular flexibility index (Phi) is 2.14. The molecule has 0 amide bonds. The zero-order chi connectivity index (χ0) is 4.28. The number of aliphatic hydroxyl groups excluding tert-OH is 1. The van der Waals surface area contributed by atoms with Crippen LogP contribution in [0.5, 0.6) is 0 Å². The lowest BCUT2D eigenvalue weighted by Crippen LogP contribution is -2.05. The van der Waals surface area contributed by atoms with Gasteiger partial charge in [0, 0.05) is 0 Å². The van der Waals surface area contributed by atoms with Gasteiger partial charge in [-0.3, -0.25) is 0 Å². The fourth-order valence-electron chi connectivity index (χ4n) is 0. The molecule has 0 saturated heterocycles. The highest BCUT2D eigenvalue weighted by molar-refractivity contribution is 4.39. The highest BCUT2D eigenvalue weighted by Crippen LogP contribution is 1.67. The van der Waals surface area contributed by atoms with Gasteiger partial charge in [-0.2, -0.15) is 0 Å². The van der Waals surface area contributed by atoms with Crippen LogP contribution in [0.2, 0.25) is 0 Å². The highest BCUT2D eigenvalue weighted by atomic mass is 16.3. The van der Waals surface area contributed by atoms with Crippen molar-refractivity contribution in [1.82, 2.24) is 5.73 Å². The number of rotatable bonds is 1. The van der Waals surface area contributed by atoms with Gasteiger partial charge in [0.2, 0.25) is 0 Å². The Morgan fingerprint density at radius 3 is 2.20 bits per heavy atom. The second kappa shape index (κ2) is 2.18. The normalized spacial score (nSPS) is 15.0. The van der Waals surface area contributed by atoms with Crippen LogP contribution >= 0.6 is 0 Å². The molecule has 0 aliphatic heterocycles. The molecule has 2 nitrogen and oxygen atoms in total. The number of hydrogen-bond donors (Lipinski definition) is 1. The second-order valence-electron chi connectivity index (χ2n) is 1.03. The summed E-state index contributed by atoms with van der Waals surface area (Å²) in [7, 11) is 0. The summed E-state index contributed by atoms with van der Waals surface area (Å²) in [6.07, 6.45) is -0.560. The molecule has 0 aromatic rings. The standard InChI is InChI=1S/C3H7NO/c1-3(5)2-4/h3,5H,2H2,1H3. The van der Waals surface area contributed by atoms with Crippen molar-refractivity contribution in [3.63, 3.8) is 0 Å². The van der Waals surface area contributed by atoms with E-state index in [2.05, 4.69) is 0 Å². The van der Waals surface area contributed by atoms with E-state index in [1.807, 2.05) is 0 Å². The predicted molar refractivity (Wildman–Crippen MR) is 18.7 cm³/mol. The van der Waals surface area contributed by atoms with E-state index in [-0.39, 0.29) is 6.54 Å². The van der Waals surface area contributed by atoms with Crippen molar-refractivity contribution < 1.29 is 5.11 Å². The van der Waals surface area contributed by atoms with Crippen LogP contribution < -0.4 is 5.73 Å². The van der Waals surface area contributed by atoms with Crippen molar-refractivity contribution in [3.8, 4) is 0 Å². The molecular formula is C3H7NO. The molecule has 5 heavy (non-hydrogen) atoms. The maximum absolute atomic E-state index is 8.11. The van der Waals surface area contributed by atoms with E-state index in [1.54, 1.807) is 0 Å². The first-order valence-electron chi connectivity index (χ1n) is 1.56. The highest BCUT2D eigenvalue weighted by Gasteiger charge is 1.84. The van der Waals surface area contributed by atoms with Gasteiger partial charge in [0.1, 0.15) is 0 Å². The van der Waals surface area contributed by atoms with E-state index < -0.39 is 6.10 Å². The molecule has 0 aliphatic carbocycles. The zero-order valence-electron chi connectivity index (χ0n) is 3.18. The fourth-order valence-corrected chi connectivity index (χ4v) is 0. The lowest BCUT2D eigenvalue weighted by Gasteiger charge is -1.88. The van der Waals surface area contributed by atoms with Gasteiger partial charge in [-0.05, 0) is 6.92 Å². The van der Waals surface area contributed by atoms with Gasteiger partial charge < -0.3 is 5.11 Å². The van der Waals surface area contributed by atoms with Crippen LogP contribution in [0.15, 0.2) is 0 Å². The molecule has 30 valence electrons. The van der Waals surface area contributed by atoms with E-state index in [9.17, 15) is 0 Å². The molecule has 0 aliphatic rings. The van der Waals surface area contributed by atoms with Gasteiger partial charge in [-0.15, -0.1) is 5.73 Å². The SMILES string of the molecule is CC(O)C[N]. The van der Waals surface area contributed by atoms with E-state index in [0.717, 1.165) is 0 Å². The Bertz CT molecular complexity index is 20.9. The number of hydrogen-bond acceptors (Lipinski definition) is 1. The minimum atomic E-state index is -0.560. The van der Waals surface area contributed by atoms with Crippen LogP contribution in [0.25, 0.3) is 0 Å². The molecule has 1 unspecified atom stereocenters. The molecule has 0 saturated carbocycles. The third-order valence-corrected chi connectivity index (χ3v) is 0.264. The van der Waals surface area contributed by atoms with Crippen LogP contribution in [0, 0.1) is 0 Å². The summed E-state index contributed by atoms with van der Waals surface area (Å²) in [4.78, 5) is 0. The summed E-state index contributed by atoms with van der Waals surface area (Å²) in [5, 5.41) is 8.11. The minimum absolute atomic E-state index is 0.139. The molecule has 1 atom stereocenters. The number of aliphatic hydroxyl groups is 1. The molecular weight excluding hydrogens is 66.0 g/mol. The van der Waals surface area contributed by atoms with Crippen LogP contribution in [-0.4, -0.2) is 17.8 Å². The maximum Gasteiger partial charge on any atom is 0.0669 e. The van der Waals surface area contributed by atoms with Gasteiger partial charge in [0.15, 0.2) is 0 Å². The summed E-state index contributed by atoms with van der Waals surface area (Å²) in [6.45, 7) is 1.39. The molecule has 2 heteroatoms. The van der Waals surface area contributed by atoms with Crippen LogP contribution in [0.1, 0.15) is 6.92 Å². The molecule has 0 aromatic carbocycles. The van der Waals surface area contributed by atoms with Gasteiger partial charge in [0.05, 0.1) is 12.6 Å². The molecule has 0 bridgehead atoms. The first-order valence-corrected chi connectivity index (χ1v) is 1.56. The average molecular weight is 73.1 g/mol. The van der Waals surface area contributed by atoms with Gasteiger partial charge in [0.25, 0.3) is 0 Å². The van der Waals surface area contributed by atoms with Gasteiger partial charge >= 0.3 is 0 Å². The monoisotopic (exact) mass is 73.1 g/mol. The van der Waals surface area contributed by atoms with Gasteiger partial charge in [-0.25, -0.2) is 0 Å². The van der Waals surface area contributed by atoms with E-state index in [0.29, 0.717) is 0 Å². The first-order chi connectivity index (χ1) is 2.27. The third-order valence-electron chi connectivity index (χ3n) is 0.264. The Labute approximate surface area is 31.6 Å². The summed E-state index contributed by atoms with van der Waals surface area (Å²) < 4.78 is 0. The summed E-state index contributed by atoms with van der Waals surface area (Å²) >= 11 is 0. The fraction of sp³-hybridized carbons (Fsp3) is 1.00. The second-order valence-corrected chi connectivity index (χ2v) is 1.03. The molecule has 1 N–H and O–H groups in total. The zero-order valence-corrected chi connectivity index (χ0v) is 3.18. The first kappa shape index (κ1) is 4.92.